The smallest absolute Gasteiger partial charge is 0.326 e. The van der Waals surface area contributed by atoms with Gasteiger partial charge in [0.2, 0.25) is 0 Å². The molecule has 1 aliphatic heterocycles. The van der Waals surface area contributed by atoms with E-state index >= 15 is 0 Å². The number of aliphatic carboxylic acids is 1. The topological polar surface area (TPSA) is 82.5 Å². The van der Waals surface area contributed by atoms with Gasteiger partial charge < -0.3 is 15.3 Å². The Balaban J connectivity index is 2.29. The molecular weight excluding hydrogens is 246 g/mol. The van der Waals surface area contributed by atoms with Crippen molar-refractivity contribution in [3.63, 3.8) is 0 Å². The molecule has 1 atom stereocenters. The number of rotatable bonds is 3. The van der Waals surface area contributed by atoms with E-state index in [0.29, 0.717) is 18.7 Å². The van der Waals surface area contributed by atoms with Crippen molar-refractivity contribution in [2.75, 3.05) is 18.5 Å². The minimum absolute atomic E-state index is 0.272. The number of carboxylic acid groups (broad SMARTS) is 1. The van der Waals surface area contributed by atoms with Crippen molar-refractivity contribution < 1.29 is 14.7 Å². The summed E-state index contributed by atoms with van der Waals surface area (Å²) in [6, 6.07) is 2.86. The molecule has 2 heterocycles. The Morgan fingerprint density at radius 2 is 2.26 bits per heavy atom. The SMILES string of the molecule is CNC(=O)c1cc(N2CCCCC2C(=O)O)ccn1. The number of anilines is 1. The van der Waals surface area contributed by atoms with Crippen molar-refractivity contribution in [3.05, 3.63) is 24.0 Å². The lowest BCUT2D eigenvalue weighted by Crippen LogP contribution is -2.44. The van der Waals surface area contributed by atoms with Crippen LogP contribution in [0.2, 0.25) is 0 Å². The molecule has 2 rings (SSSR count). The van der Waals surface area contributed by atoms with Crippen LogP contribution in [0, 0.1) is 0 Å². The molecule has 0 aliphatic carbocycles. The third-order valence-electron chi connectivity index (χ3n) is 3.32. The Kier molecular flexibility index (Phi) is 3.99. The van der Waals surface area contributed by atoms with Gasteiger partial charge in [-0.2, -0.15) is 0 Å². The van der Waals surface area contributed by atoms with Gasteiger partial charge in [0.05, 0.1) is 0 Å². The summed E-state index contributed by atoms with van der Waals surface area (Å²) < 4.78 is 0. The molecule has 19 heavy (non-hydrogen) atoms. The standard InChI is InChI=1S/C13H17N3O3/c1-14-12(17)10-8-9(5-6-15-10)16-7-3-2-4-11(16)13(18)19/h5-6,8,11H,2-4,7H2,1H3,(H,14,17)(H,18,19). The average molecular weight is 263 g/mol. The maximum Gasteiger partial charge on any atom is 0.326 e. The minimum Gasteiger partial charge on any atom is -0.480 e. The van der Waals surface area contributed by atoms with Gasteiger partial charge in [-0.05, 0) is 31.4 Å². The summed E-state index contributed by atoms with van der Waals surface area (Å²) >= 11 is 0. The fourth-order valence-corrected chi connectivity index (χ4v) is 2.35. The quantitative estimate of drug-likeness (QED) is 0.846. The highest BCUT2D eigenvalue weighted by Gasteiger charge is 2.28. The number of hydrogen-bond donors (Lipinski definition) is 2. The van der Waals surface area contributed by atoms with E-state index < -0.39 is 12.0 Å². The predicted octanol–water partition coefficient (Wildman–Crippen LogP) is 0.885. The highest BCUT2D eigenvalue weighted by molar-refractivity contribution is 5.93. The summed E-state index contributed by atoms with van der Waals surface area (Å²) in [5, 5.41) is 11.8. The first-order valence-corrected chi connectivity index (χ1v) is 6.31. The van der Waals surface area contributed by atoms with Crippen molar-refractivity contribution in [3.8, 4) is 0 Å². The summed E-state index contributed by atoms with van der Waals surface area (Å²) in [4.78, 5) is 28.7. The molecule has 0 radical (unpaired) electrons. The van der Waals surface area contributed by atoms with Gasteiger partial charge in [0, 0.05) is 25.5 Å². The maximum absolute atomic E-state index is 11.6. The molecule has 0 bridgehead atoms. The number of amides is 1. The van der Waals surface area contributed by atoms with E-state index in [2.05, 4.69) is 10.3 Å². The summed E-state index contributed by atoms with van der Waals surface area (Å²) in [5.41, 5.74) is 1.04. The van der Waals surface area contributed by atoms with E-state index in [1.165, 1.54) is 13.2 Å². The van der Waals surface area contributed by atoms with Crippen molar-refractivity contribution in [1.29, 1.82) is 0 Å². The number of carboxylic acids is 1. The number of aromatic nitrogens is 1. The maximum atomic E-state index is 11.6. The van der Waals surface area contributed by atoms with Crippen LogP contribution in [0.25, 0.3) is 0 Å². The summed E-state index contributed by atoms with van der Waals surface area (Å²) in [7, 11) is 1.54. The zero-order chi connectivity index (χ0) is 13.8. The molecule has 0 spiro atoms. The Bertz CT molecular complexity index is 490. The van der Waals surface area contributed by atoms with E-state index in [4.69, 9.17) is 0 Å². The van der Waals surface area contributed by atoms with Gasteiger partial charge >= 0.3 is 5.97 Å². The zero-order valence-electron chi connectivity index (χ0n) is 10.8. The first-order chi connectivity index (χ1) is 9.13. The molecule has 6 nitrogen and oxygen atoms in total. The first kappa shape index (κ1) is 13.3. The Labute approximate surface area is 111 Å². The van der Waals surface area contributed by atoms with Crippen LogP contribution in [0.15, 0.2) is 18.3 Å². The lowest BCUT2D eigenvalue weighted by atomic mass is 10.0. The number of nitrogens with zero attached hydrogens (tertiary/aromatic N) is 2. The molecule has 1 aromatic rings. The molecule has 1 aromatic heterocycles. The van der Waals surface area contributed by atoms with Crippen LogP contribution in [-0.2, 0) is 4.79 Å². The third kappa shape index (κ3) is 2.83. The number of hydrogen-bond acceptors (Lipinski definition) is 4. The number of carbonyl (C=O) groups is 2. The molecule has 0 saturated carbocycles. The minimum atomic E-state index is -0.821. The molecule has 2 N–H and O–H groups in total. The number of carbonyl (C=O) groups excluding carboxylic acids is 1. The molecule has 1 aliphatic rings. The van der Waals surface area contributed by atoms with Gasteiger partial charge in [0.15, 0.2) is 0 Å². The number of pyridine rings is 1. The number of piperidine rings is 1. The summed E-state index contributed by atoms with van der Waals surface area (Å²) in [5.74, 6) is -1.09. The molecule has 1 fully saturated rings. The van der Waals surface area contributed by atoms with E-state index in [1.807, 2.05) is 4.90 Å². The monoisotopic (exact) mass is 263 g/mol. The second kappa shape index (κ2) is 5.69. The van der Waals surface area contributed by atoms with Crippen molar-refractivity contribution in [1.82, 2.24) is 10.3 Å². The Morgan fingerprint density at radius 3 is 2.95 bits per heavy atom. The molecular formula is C13H17N3O3. The lowest BCUT2D eigenvalue weighted by Gasteiger charge is -2.34. The van der Waals surface area contributed by atoms with E-state index in [-0.39, 0.29) is 5.91 Å². The molecule has 1 saturated heterocycles. The van der Waals surface area contributed by atoms with Crippen LogP contribution < -0.4 is 10.2 Å². The molecule has 1 unspecified atom stereocenters. The molecule has 102 valence electrons. The van der Waals surface area contributed by atoms with Gasteiger partial charge in [-0.1, -0.05) is 0 Å². The highest BCUT2D eigenvalue weighted by Crippen LogP contribution is 2.25. The van der Waals surface area contributed by atoms with Crippen LogP contribution in [0.4, 0.5) is 5.69 Å². The van der Waals surface area contributed by atoms with E-state index in [1.54, 1.807) is 12.1 Å². The Hall–Kier alpha value is -2.11. The second-order valence-corrected chi connectivity index (χ2v) is 4.52. The van der Waals surface area contributed by atoms with Crippen molar-refractivity contribution in [2.45, 2.75) is 25.3 Å². The van der Waals surface area contributed by atoms with Crippen LogP contribution in [-0.4, -0.2) is 41.6 Å². The van der Waals surface area contributed by atoms with Crippen molar-refractivity contribution >= 4 is 17.6 Å². The largest absolute Gasteiger partial charge is 0.480 e. The third-order valence-corrected chi connectivity index (χ3v) is 3.32. The average Bonchev–Trinajstić information content (AvgIpc) is 2.46. The van der Waals surface area contributed by atoms with Gasteiger partial charge in [-0.25, -0.2) is 4.79 Å². The predicted molar refractivity (Wildman–Crippen MR) is 70.2 cm³/mol. The molecule has 0 aromatic carbocycles. The number of nitrogens with one attached hydrogen (secondary N) is 1. The normalized spacial score (nSPS) is 19.0. The highest BCUT2D eigenvalue weighted by atomic mass is 16.4. The van der Waals surface area contributed by atoms with Crippen molar-refractivity contribution in [2.24, 2.45) is 0 Å². The molecule has 6 heteroatoms. The van der Waals surface area contributed by atoms with E-state index in [0.717, 1.165) is 18.5 Å². The lowest BCUT2D eigenvalue weighted by molar-refractivity contribution is -0.139. The second-order valence-electron chi connectivity index (χ2n) is 4.52. The zero-order valence-corrected chi connectivity index (χ0v) is 10.8. The summed E-state index contributed by atoms with van der Waals surface area (Å²) in [6.07, 6.45) is 4.04. The van der Waals surface area contributed by atoms with Crippen LogP contribution in [0.1, 0.15) is 29.8 Å². The first-order valence-electron chi connectivity index (χ1n) is 6.31. The Morgan fingerprint density at radius 1 is 1.47 bits per heavy atom. The van der Waals surface area contributed by atoms with E-state index in [9.17, 15) is 14.7 Å². The van der Waals surface area contributed by atoms with Crippen LogP contribution in [0.5, 0.6) is 0 Å². The van der Waals surface area contributed by atoms with Gasteiger partial charge in [-0.3, -0.25) is 9.78 Å². The summed E-state index contributed by atoms with van der Waals surface area (Å²) in [6.45, 7) is 0.689. The molecule has 1 amide bonds. The fraction of sp³-hybridized carbons (Fsp3) is 0.462. The van der Waals surface area contributed by atoms with Crippen LogP contribution >= 0.6 is 0 Å². The van der Waals surface area contributed by atoms with Gasteiger partial charge in [0.1, 0.15) is 11.7 Å². The van der Waals surface area contributed by atoms with Gasteiger partial charge in [0.25, 0.3) is 5.91 Å². The van der Waals surface area contributed by atoms with Gasteiger partial charge in [-0.15, -0.1) is 0 Å². The van der Waals surface area contributed by atoms with Crippen LogP contribution in [0.3, 0.4) is 0 Å². The fourth-order valence-electron chi connectivity index (χ4n) is 2.35.